The van der Waals surface area contributed by atoms with E-state index in [2.05, 4.69) is 24.3 Å². The van der Waals surface area contributed by atoms with Crippen molar-refractivity contribution in [2.45, 2.75) is 19.9 Å². The van der Waals surface area contributed by atoms with E-state index in [1.54, 1.807) is 18.3 Å². The molecule has 0 aliphatic rings. The highest BCUT2D eigenvalue weighted by atomic mass is 16.3. The number of carbonyl (C=O) groups excluding carboxylic acids is 1. The first kappa shape index (κ1) is 14.1. The molecule has 0 bridgehead atoms. The average Bonchev–Trinajstić information content (AvgIpc) is 3.19. The van der Waals surface area contributed by atoms with Crippen LogP contribution >= 0.6 is 0 Å². The molecular formula is C17H17N3O2. The van der Waals surface area contributed by atoms with Crippen molar-refractivity contribution in [3.63, 3.8) is 0 Å². The number of furan rings is 1. The van der Waals surface area contributed by atoms with Crippen molar-refractivity contribution in [3.8, 4) is 11.1 Å². The molecule has 0 saturated heterocycles. The van der Waals surface area contributed by atoms with E-state index < -0.39 is 0 Å². The number of rotatable bonds is 4. The second-order valence-corrected chi connectivity index (χ2v) is 5.28. The molecule has 3 aromatic rings. The van der Waals surface area contributed by atoms with Crippen LogP contribution in [0.15, 0.2) is 59.5 Å². The van der Waals surface area contributed by atoms with E-state index in [-0.39, 0.29) is 11.7 Å². The van der Waals surface area contributed by atoms with E-state index in [1.807, 2.05) is 35.1 Å². The molecule has 1 amide bonds. The lowest BCUT2D eigenvalue weighted by Crippen LogP contribution is -2.11. The first-order valence-corrected chi connectivity index (χ1v) is 7.13. The Morgan fingerprint density at radius 2 is 2.05 bits per heavy atom. The molecule has 5 heteroatoms. The molecule has 2 heterocycles. The van der Waals surface area contributed by atoms with Crippen molar-refractivity contribution in [1.82, 2.24) is 9.78 Å². The lowest BCUT2D eigenvalue weighted by atomic mass is 10.1. The molecule has 3 rings (SSSR count). The van der Waals surface area contributed by atoms with Gasteiger partial charge < -0.3 is 9.73 Å². The lowest BCUT2D eigenvalue weighted by molar-refractivity contribution is 0.0996. The molecular weight excluding hydrogens is 278 g/mol. The first-order chi connectivity index (χ1) is 10.6. The second kappa shape index (κ2) is 5.89. The molecule has 1 aromatic carbocycles. The van der Waals surface area contributed by atoms with Gasteiger partial charge in [-0.1, -0.05) is 18.2 Å². The van der Waals surface area contributed by atoms with E-state index in [9.17, 15) is 4.79 Å². The largest absolute Gasteiger partial charge is 0.459 e. The van der Waals surface area contributed by atoms with Crippen molar-refractivity contribution in [1.29, 1.82) is 0 Å². The third kappa shape index (κ3) is 2.79. The summed E-state index contributed by atoms with van der Waals surface area (Å²) in [7, 11) is 0. The van der Waals surface area contributed by atoms with E-state index in [1.165, 1.54) is 6.26 Å². The Morgan fingerprint density at radius 1 is 1.23 bits per heavy atom. The maximum Gasteiger partial charge on any atom is 0.291 e. The normalized spacial score (nSPS) is 10.9. The summed E-state index contributed by atoms with van der Waals surface area (Å²) in [4.78, 5) is 12.1. The fourth-order valence-corrected chi connectivity index (χ4v) is 2.20. The Balaban J connectivity index is 1.91. The van der Waals surface area contributed by atoms with Crippen LogP contribution in [0.3, 0.4) is 0 Å². The van der Waals surface area contributed by atoms with E-state index in [0.717, 1.165) is 16.8 Å². The van der Waals surface area contributed by atoms with Crippen LogP contribution in [-0.4, -0.2) is 15.7 Å². The summed E-state index contributed by atoms with van der Waals surface area (Å²) in [6, 6.07) is 11.3. The van der Waals surface area contributed by atoms with Crippen LogP contribution in [0.1, 0.15) is 30.4 Å². The zero-order chi connectivity index (χ0) is 15.5. The maximum absolute atomic E-state index is 12.1. The molecule has 0 unspecified atom stereocenters. The van der Waals surface area contributed by atoms with Crippen LogP contribution in [-0.2, 0) is 0 Å². The van der Waals surface area contributed by atoms with Crippen LogP contribution in [0.4, 0.5) is 5.69 Å². The predicted octanol–water partition coefficient (Wildman–Crippen LogP) is 3.98. The fourth-order valence-electron chi connectivity index (χ4n) is 2.20. The number of anilines is 1. The van der Waals surface area contributed by atoms with Crippen LogP contribution in [0.25, 0.3) is 11.1 Å². The molecule has 0 fully saturated rings. The van der Waals surface area contributed by atoms with E-state index >= 15 is 0 Å². The second-order valence-electron chi connectivity index (χ2n) is 5.28. The third-order valence-electron chi connectivity index (χ3n) is 3.36. The number of benzene rings is 1. The number of nitrogens with zero attached hydrogens (tertiary/aromatic N) is 2. The molecule has 0 saturated carbocycles. The van der Waals surface area contributed by atoms with Crippen LogP contribution in [0.2, 0.25) is 0 Å². The minimum atomic E-state index is -0.270. The molecule has 2 aromatic heterocycles. The number of nitrogens with one attached hydrogen (secondary N) is 1. The smallest absolute Gasteiger partial charge is 0.291 e. The highest BCUT2D eigenvalue weighted by Gasteiger charge is 2.13. The molecule has 0 aliphatic carbocycles. The monoisotopic (exact) mass is 295 g/mol. The van der Waals surface area contributed by atoms with Gasteiger partial charge in [0.1, 0.15) is 0 Å². The summed E-state index contributed by atoms with van der Waals surface area (Å²) in [6.07, 6.45) is 5.26. The minimum Gasteiger partial charge on any atom is -0.459 e. The van der Waals surface area contributed by atoms with Gasteiger partial charge in [0.15, 0.2) is 5.76 Å². The SMILES string of the molecule is CC(C)n1cc(-c2ccccc2NC(=O)c2ccco2)cn1. The number of hydrogen-bond acceptors (Lipinski definition) is 3. The van der Waals surface area contributed by atoms with Gasteiger partial charge in [0.05, 0.1) is 12.5 Å². The van der Waals surface area contributed by atoms with Crippen LogP contribution in [0, 0.1) is 0 Å². The Labute approximate surface area is 128 Å². The molecule has 0 aliphatic heterocycles. The van der Waals surface area contributed by atoms with Crippen molar-refractivity contribution in [3.05, 3.63) is 60.8 Å². The van der Waals surface area contributed by atoms with Gasteiger partial charge in [-0.2, -0.15) is 5.10 Å². The summed E-state index contributed by atoms with van der Waals surface area (Å²) < 4.78 is 7.01. The van der Waals surface area contributed by atoms with Gasteiger partial charge in [-0.3, -0.25) is 9.48 Å². The van der Waals surface area contributed by atoms with Gasteiger partial charge in [-0.05, 0) is 32.0 Å². The first-order valence-electron chi connectivity index (χ1n) is 7.13. The van der Waals surface area contributed by atoms with Crippen molar-refractivity contribution < 1.29 is 9.21 Å². The Hall–Kier alpha value is -2.82. The van der Waals surface area contributed by atoms with Crippen molar-refractivity contribution in [2.75, 3.05) is 5.32 Å². The van der Waals surface area contributed by atoms with Gasteiger partial charge >= 0.3 is 0 Å². The zero-order valence-electron chi connectivity index (χ0n) is 12.5. The molecule has 0 radical (unpaired) electrons. The van der Waals surface area contributed by atoms with Gasteiger partial charge in [0, 0.05) is 29.1 Å². The van der Waals surface area contributed by atoms with Crippen LogP contribution in [0.5, 0.6) is 0 Å². The minimum absolute atomic E-state index is 0.270. The number of carbonyl (C=O) groups is 1. The van der Waals surface area contributed by atoms with Crippen LogP contribution < -0.4 is 5.32 Å². The molecule has 1 N–H and O–H groups in total. The summed E-state index contributed by atoms with van der Waals surface area (Å²) in [6.45, 7) is 4.14. The molecule has 112 valence electrons. The topological polar surface area (TPSA) is 60.1 Å². The van der Waals surface area contributed by atoms with Gasteiger partial charge in [0.25, 0.3) is 5.91 Å². The molecule has 5 nitrogen and oxygen atoms in total. The fraction of sp³-hybridized carbons (Fsp3) is 0.176. The summed E-state index contributed by atoms with van der Waals surface area (Å²) in [5, 5.41) is 7.23. The summed E-state index contributed by atoms with van der Waals surface area (Å²) in [5.74, 6) is 0.0152. The van der Waals surface area contributed by atoms with Crippen molar-refractivity contribution in [2.24, 2.45) is 0 Å². The number of para-hydroxylation sites is 1. The number of aromatic nitrogens is 2. The quantitative estimate of drug-likeness (QED) is 0.792. The Bertz CT molecular complexity index is 773. The standard InChI is InChI=1S/C17H17N3O2/c1-12(2)20-11-13(10-18-20)14-6-3-4-7-15(14)19-17(21)16-8-5-9-22-16/h3-12H,1-2H3,(H,19,21). The highest BCUT2D eigenvalue weighted by molar-refractivity contribution is 6.04. The van der Waals surface area contributed by atoms with Gasteiger partial charge in [-0.25, -0.2) is 0 Å². The van der Waals surface area contributed by atoms with Gasteiger partial charge in [-0.15, -0.1) is 0 Å². The highest BCUT2D eigenvalue weighted by Crippen LogP contribution is 2.28. The third-order valence-corrected chi connectivity index (χ3v) is 3.36. The van der Waals surface area contributed by atoms with Crippen molar-refractivity contribution >= 4 is 11.6 Å². The average molecular weight is 295 g/mol. The molecule has 0 atom stereocenters. The lowest BCUT2D eigenvalue weighted by Gasteiger charge is -2.09. The van der Waals surface area contributed by atoms with E-state index in [4.69, 9.17) is 4.42 Å². The predicted molar refractivity (Wildman–Crippen MR) is 84.7 cm³/mol. The maximum atomic E-state index is 12.1. The summed E-state index contributed by atoms with van der Waals surface area (Å²) >= 11 is 0. The number of hydrogen-bond donors (Lipinski definition) is 1. The van der Waals surface area contributed by atoms with E-state index in [0.29, 0.717) is 6.04 Å². The molecule has 0 spiro atoms. The Morgan fingerprint density at radius 3 is 2.73 bits per heavy atom. The molecule has 22 heavy (non-hydrogen) atoms. The van der Waals surface area contributed by atoms with Gasteiger partial charge in [0.2, 0.25) is 0 Å². The summed E-state index contributed by atoms with van der Waals surface area (Å²) in [5.41, 5.74) is 2.62. The zero-order valence-corrected chi connectivity index (χ0v) is 12.5. The number of amides is 1. The Kier molecular flexibility index (Phi) is 3.78.